The topological polar surface area (TPSA) is 86.0 Å². The fraction of sp³-hybridized carbons (Fsp3) is 0.238. The number of hydrogen-bond donors (Lipinski definition) is 1. The molecule has 8 heteroatoms. The van der Waals surface area contributed by atoms with E-state index in [0.29, 0.717) is 22.7 Å². The molecule has 0 fully saturated rings. The van der Waals surface area contributed by atoms with E-state index in [2.05, 4.69) is 10.4 Å². The number of nitrogens with one attached hydrogen (secondary N) is 1. The maximum Gasteiger partial charge on any atom is 0.352 e. The molecule has 0 radical (unpaired) electrons. The number of rotatable bonds is 6. The van der Waals surface area contributed by atoms with E-state index in [4.69, 9.17) is 11.6 Å². The molecule has 150 valence electrons. The van der Waals surface area contributed by atoms with Gasteiger partial charge in [0.15, 0.2) is 0 Å². The van der Waals surface area contributed by atoms with Gasteiger partial charge in [-0.05, 0) is 37.1 Å². The van der Waals surface area contributed by atoms with Crippen LogP contribution in [0.4, 0.5) is 0 Å². The van der Waals surface area contributed by atoms with Crippen molar-refractivity contribution >= 4 is 17.5 Å². The van der Waals surface area contributed by atoms with Gasteiger partial charge in [-0.25, -0.2) is 4.79 Å². The van der Waals surface area contributed by atoms with Crippen LogP contribution in [0.25, 0.3) is 5.69 Å². The van der Waals surface area contributed by atoms with E-state index in [1.165, 1.54) is 0 Å². The van der Waals surface area contributed by atoms with Gasteiger partial charge in [0.05, 0.1) is 12.2 Å². The molecule has 3 rings (SSSR count). The van der Waals surface area contributed by atoms with Crippen molar-refractivity contribution in [2.75, 3.05) is 0 Å². The lowest BCUT2D eigenvalue weighted by Gasteiger charge is -2.14. The number of nitrogens with zero attached hydrogens (tertiary/aromatic N) is 3. The summed E-state index contributed by atoms with van der Waals surface area (Å²) in [5, 5.41) is 7.23. The molecular formula is C21H21ClN4O3. The third-order valence-electron chi connectivity index (χ3n) is 4.55. The van der Waals surface area contributed by atoms with E-state index in [9.17, 15) is 14.4 Å². The standard InChI is InChI=1S/C21H21ClN4O3/c1-3-14(2)23-19(27)18-20(28)25(13-15-9-7-8-12-17(15)22)21(29)26(24-18)16-10-5-4-6-11-16/h4-12,14H,3,13H2,1-2H3,(H,23,27)/t14-/m0/s1. The summed E-state index contributed by atoms with van der Waals surface area (Å²) in [4.78, 5) is 38.7. The predicted octanol–water partition coefficient (Wildman–Crippen LogP) is 2.62. The van der Waals surface area contributed by atoms with Crippen LogP contribution in [-0.4, -0.2) is 26.3 Å². The second-order valence-corrected chi connectivity index (χ2v) is 7.05. The zero-order chi connectivity index (χ0) is 21.0. The Morgan fingerprint density at radius 2 is 1.76 bits per heavy atom. The fourth-order valence-corrected chi connectivity index (χ4v) is 2.92. The molecule has 0 aliphatic heterocycles. The van der Waals surface area contributed by atoms with E-state index >= 15 is 0 Å². The van der Waals surface area contributed by atoms with Crippen LogP contribution in [0, 0.1) is 0 Å². The molecule has 0 aliphatic rings. The molecule has 29 heavy (non-hydrogen) atoms. The summed E-state index contributed by atoms with van der Waals surface area (Å²) in [7, 11) is 0. The van der Waals surface area contributed by atoms with Crippen LogP contribution in [0.1, 0.15) is 36.3 Å². The number of amides is 1. The van der Waals surface area contributed by atoms with Gasteiger partial charge in [0.25, 0.3) is 11.5 Å². The van der Waals surface area contributed by atoms with Gasteiger partial charge < -0.3 is 5.32 Å². The number of aromatic nitrogens is 3. The molecule has 0 bridgehead atoms. The van der Waals surface area contributed by atoms with Crippen molar-refractivity contribution in [3.8, 4) is 5.69 Å². The van der Waals surface area contributed by atoms with Gasteiger partial charge in [-0.1, -0.05) is 54.9 Å². The van der Waals surface area contributed by atoms with Crippen LogP contribution in [0.5, 0.6) is 0 Å². The van der Waals surface area contributed by atoms with Crippen molar-refractivity contribution < 1.29 is 4.79 Å². The monoisotopic (exact) mass is 412 g/mol. The van der Waals surface area contributed by atoms with Crippen LogP contribution in [-0.2, 0) is 6.54 Å². The van der Waals surface area contributed by atoms with Gasteiger partial charge in [0.2, 0.25) is 5.69 Å². The minimum absolute atomic E-state index is 0.0731. The summed E-state index contributed by atoms with van der Waals surface area (Å²) in [6.45, 7) is 3.67. The second kappa shape index (κ2) is 8.87. The molecule has 3 aromatic rings. The van der Waals surface area contributed by atoms with Gasteiger partial charge >= 0.3 is 5.69 Å². The van der Waals surface area contributed by atoms with Crippen molar-refractivity contribution in [1.82, 2.24) is 19.7 Å². The predicted molar refractivity (Wildman–Crippen MR) is 112 cm³/mol. The Kier molecular flexibility index (Phi) is 6.29. The molecule has 1 N–H and O–H groups in total. The first-order valence-electron chi connectivity index (χ1n) is 9.26. The van der Waals surface area contributed by atoms with Crippen molar-refractivity contribution in [2.45, 2.75) is 32.9 Å². The van der Waals surface area contributed by atoms with E-state index < -0.39 is 17.2 Å². The Balaban J connectivity index is 2.19. The maximum atomic E-state index is 13.0. The largest absolute Gasteiger partial charge is 0.352 e. The molecule has 1 aromatic heterocycles. The third-order valence-corrected chi connectivity index (χ3v) is 4.92. The van der Waals surface area contributed by atoms with Crippen LogP contribution >= 0.6 is 11.6 Å². The molecule has 2 aromatic carbocycles. The van der Waals surface area contributed by atoms with Crippen LogP contribution in [0.15, 0.2) is 64.2 Å². The van der Waals surface area contributed by atoms with Crippen molar-refractivity contribution in [3.05, 3.63) is 91.7 Å². The van der Waals surface area contributed by atoms with E-state index in [0.717, 1.165) is 9.25 Å². The molecule has 0 spiro atoms. The highest BCUT2D eigenvalue weighted by Gasteiger charge is 2.21. The van der Waals surface area contributed by atoms with Gasteiger partial charge in [-0.3, -0.25) is 14.2 Å². The Morgan fingerprint density at radius 1 is 1.10 bits per heavy atom. The number of halogens is 1. The Labute approximate surface area is 172 Å². The average molecular weight is 413 g/mol. The Morgan fingerprint density at radius 3 is 2.41 bits per heavy atom. The number of benzene rings is 2. The van der Waals surface area contributed by atoms with Crippen LogP contribution < -0.4 is 16.6 Å². The zero-order valence-corrected chi connectivity index (χ0v) is 16.9. The smallest absolute Gasteiger partial charge is 0.348 e. The summed E-state index contributed by atoms with van der Waals surface area (Å²) in [5.74, 6) is -0.623. The summed E-state index contributed by atoms with van der Waals surface area (Å²) in [6, 6.07) is 15.4. The van der Waals surface area contributed by atoms with Gasteiger partial charge in [-0.15, -0.1) is 0 Å². The quantitative estimate of drug-likeness (QED) is 0.674. The number of carbonyl (C=O) groups excluding carboxylic acids is 1. The molecular weight excluding hydrogens is 392 g/mol. The minimum atomic E-state index is -0.761. The molecule has 7 nitrogen and oxygen atoms in total. The first-order valence-corrected chi connectivity index (χ1v) is 9.64. The van der Waals surface area contributed by atoms with E-state index in [-0.39, 0.29) is 18.3 Å². The number of para-hydroxylation sites is 1. The highest BCUT2D eigenvalue weighted by Crippen LogP contribution is 2.15. The molecule has 0 saturated heterocycles. The molecule has 1 amide bonds. The maximum absolute atomic E-state index is 13.0. The van der Waals surface area contributed by atoms with Crippen molar-refractivity contribution in [1.29, 1.82) is 0 Å². The first kappa shape index (κ1) is 20.5. The lowest BCUT2D eigenvalue weighted by Crippen LogP contribution is -2.47. The van der Waals surface area contributed by atoms with E-state index in [1.54, 1.807) is 54.6 Å². The summed E-state index contributed by atoms with van der Waals surface area (Å²) in [5.41, 5.74) is -0.722. The Hall–Kier alpha value is -3.19. The lowest BCUT2D eigenvalue weighted by molar-refractivity contribution is 0.0929. The summed E-state index contributed by atoms with van der Waals surface area (Å²) in [6.07, 6.45) is 0.692. The first-order chi connectivity index (χ1) is 13.9. The summed E-state index contributed by atoms with van der Waals surface area (Å²) < 4.78 is 2.04. The molecule has 1 heterocycles. The molecule has 1 atom stereocenters. The third kappa shape index (κ3) is 4.46. The molecule has 0 unspecified atom stereocenters. The minimum Gasteiger partial charge on any atom is -0.348 e. The number of hydrogen-bond acceptors (Lipinski definition) is 4. The van der Waals surface area contributed by atoms with Crippen molar-refractivity contribution in [2.24, 2.45) is 0 Å². The van der Waals surface area contributed by atoms with E-state index in [1.807, 2.05) is 13.8 Å². The lowest BCUT2D eigenvalue weighted by atomic mass is 10.2. The fourth-order valence-electron chi connectivity index (χ4n) is 2.73. The van der Waals surface area contributed by atoms with Crippen LogP contribution in [0.2, 0.25) is 5.02 Å². The highest BCUT2D eigenvalue weighted by atomic mass is 35.5. The summed E-state index contributed by atoms with van der Waals surface area (Å²) >= 11 is 6.21. The average Bonchev–Trinajstić information content (AvgIpc) is 2.73. The van der Waals surface area contributed by atoms with Gasteiger partial charge in [0, 0.05) is 11.1 Å². The van der Waals surface area contributed by atoms with Crippen LogP contribution in [0.3, 0.4) is 0 Å². The zero-order valence-electron chi connectivity index (χ0n) is 16.1. The Bertz CT molecular complexity index is 1140. The van der Waals surface area contributed by atoms with Gasteiger partial charge in [-0.2, -0.15) is 9.78 Å². The van der Waals surface area contributed by atoms with Crippen molar-refractivity contribution in [3.63, 3.8) is 0 Å². The molecule has 0 aliphatic carbocycles. The number of carbonyl (C=O) groups is 1. The normalized spacial score (nSPS) is 11.8. The second-order valence-electron chi connectivity index (χ2n) is 6.64. The molecule has 0 saturated carbocycles. The highest BCUT2D eigenvalue weighted by molar-refractivity contribution is 6.31. The SMILES string of the molecule is CC[C@H](C)NC(=O)c1nn(-c2ccccc2)c(=O)n(Cc2ccccc2Cl)c1=O. The van der Waals surface area contributed by atoms with Gasteiger partial charge in [0.1, 0.15) is 0 Å².